The number of nitrogens with one attached hydrogen (secondary N) is 2. The van der Waals surface area contributed by atoms with Crippen LogP contribution in [0.4, 0.5) is 19.1 Å². The van der Waals surface area contributed by atoms with Crippen LogP contribution in [0.3, 0.4) is 0 Å². The van der Waals surface area contributed by atoms with Gasteiger partial charge in [-0.3, -0.25) is 15.2 Å². The number of rotatable bonds is 4. The van der Waals surface area contributed by atoms with Gasteiger partial charge in [0.1, 0.15) is 12.0 Å². The Labute approximate surface area is 139 Å². The predicted molar refractivity (Wildman–Crippen MR) is 81.8 cm³/mol. The quantitative estimate of drug-likeness (QED) is 0.757. The van der Waals surface area contributed by atoms with Gasteiger partial charge in [-0.2, -0.15) is 18.3 Å². The topological polar surface area (TPSA) is 88.5 Å². The number of amides is 1. The Balaban J connectivity index is 1.66. The van der Waals surface area contributed by atoms with Gasteiger partial charge in [-0.1, -0.05) is 29.8 Å². The maximum Gasteiger partial charge on any atom is 0.432 e. The van der Waals surface area contributed by atoms with Crippen LogP contribution in [0, 0.1) is 6.92 Å². The van der Waals surface area contributed by atoms with Crippen molar-refractivity contribution < 1.29 is 18.0 Å². The second kappa shape index (κ2) is 6.38. The summed E-state index contributed by atoms with van der Waals surface area (Å²) in [5.74, 6) is -0.853. The number of H-pyrrole nitrogens is 1. The highest BCUT2D eigenvalue weighted by Gasteiger charge is 2.33. The predicted octanol–water partition coefficient (Wildman–Crippen LogP) is 2.63. The Morgan fingerprint density at radius 2 is 2.12 bits per heavy atom. The van der Waals surface area contributed by atoms with Crippen molar-refractivity contribution in [1.82, 2.24) is 25.0 Å². The van der Waals surface area contributed by atoms with E-state index < -0.39 is 23.5 Å². The molecule has 3 aromatic rings. The lowest BCUT2D eigenvalue weighted by atomic mass is 10.1. The number of carbonyl (C=O) groups is 1. The molecule has 0 atom stereocenters. The summed E-state index contributed by atoms with van der Waals surface area (Å²) < 4.78 is 39.0. The number of hydrogen-bond donors (Lipinski definition) is 2. The SMILES string of the molecule is Cc1cccc(Cn2cnc(NC(=O)c3cc(C(F)(F)F)[nH]n3)n2)c1. The van der Waals surface area contributed by atoms with Gasteiger partial charge in [-0.25, -0.2) is 9.67 Å². The summed E-state index contributed by atoms with van der Waals surface area (Å²) in [6.07, 6.45) is -3.18. The Morgan fingerprint density at radius 1 is 1.32 bits per heavy atom. The van der Waals surface area contributed by atoms with E-state index in [4.69, 9.17) is 0 Å². The van der Waals surface area contributed by atoms with Crippen molar-refractivity contribution in [2.75, 3.05) is 5.32 Å². The zero-order valence-corrected chi connectivity index (χ0v) is 13.0. The van der Waals surface area contributed by atoms with Crippen molar-refractivity contribution >= 4 is 11.9 Å². The number of halogens is 3. The molecule has 2 aromatic heterocycles. The van der Waals surface area contributed by atoms with Crippen LogP contribution in [-0.2, 0) is 12.7 Å². The van der Waals surface area contributed by atoms with Crippen LogP contribution in [0.2, 0.25) is 0 Å². The molecule has 0 bridgehead atoms. The third kappa shape index (κ3) is 4.03. The third-order valence-corrected chi connectivity index (χ3v) is 3.30. The highest BCUT2D eigenvalue weighted by molar-refractivity contribution is 6.01. The molecular weight excluding hydrogens is 337 g/mol. The number of carbonyl (C=O) groups excluding carboxylic acids is 1. The van der Waals surface area contributed by atoms with E-state index in [1.54, 1.807) is 5.10 Å². The molecule has 2 N–H and O–H groups in total. The Hall–Kier alpha value is -3.17. The minimum atomic E-state index is -4.60. The average molecular weight is 350 g/mol. The van der Waals surface area contributed by atoms with Gasteiger partial charge in [0.25, 0.3) is 5.91 Å². The van der Waals surface area contributed by atoms with Crippen molar-refractivity contribution in [3.63, 3.8) is 0 Å². The van der Waals surface area contributed by atoms with E-state index >= 15 is 0 Å². The molecule has 0 saturated carbocycles. The van der Waals surface area contributed by atoms with Gasteiger partial charge in [-0.15, -0.1) is 5.10 Å². The average Bonchev–Trinajstić information content (AvgIpc) is 3.16. The molecule has 0 fully saturated rings. The number of anilines is 1. The Morgan fingerprint density at radius 3 is 2.80 bits per heavy atom. The molecule has 7 nitrogen and oxygen atoms in total. The molecule has 0 aliphatic carbocycles. The maximum absolute atomic E-state index is 12.5. The molecule has 0 spiro atoms. The molecule has 0 saturated heterocycles. The number of benzene rings is 1. The summed E-state index contributed by atoms with van der Waals surface area (Å²) >= 11 is 0. The first kappa shape index (κ1) is 16.7. The number of aryl methyl sites for hydroxylation is 1. The van der Waals surface area contributed by atoms with Crippen molar-refractivity contribution in [3.8, 4) is 0 Å². The molecule has 0 radical (unpaired) electrons. The highest BCUT2D eigenvalue weighted by atomic mass is 19.4. The molecule has 0 aliphatic rings. The van der Waals surface area contributed by atoms with E-state index in [-0.39, 0.29) is 5.95 Å². The smallest absolute Gasteiger partial charge is 0.288 e. The van der Waals surface area contributed by atoms with Crippen LogP contribution in [0.25, 0.3) is 0 Å². The molecule has 1 aromatic carbocycles. The summed E-state index contributed by atoms with van der Waals surface area (Å²) in [7, 11) is 0. The van der Waals surface area contributed by atoms with Crippen LogP contribution < -0.4 is 5.32 Å². The number of nitrogens with zero attached hydrogens (tertiary/aromatic N) is 4. The first-order valence-corrected chi connectivity index (χ1v) is 7.20. The lowest BCUT2D eigenvalue weighted by Crippen LogP contribution is -2.14. The van der Waals surface area contributed by atoms with Crippen molar-refractivity contribution in [3.05, 3.63) is 59.2 Å². The monoisotopic (exact) mass is 350 g/mol. The fraction of sp³-hybridized carbons (Fsp3) is 0.200. The molecule has 130 valence electrons. The van der Waals surface area contributed by atoms with E-state index in [1.807, 2.05) is 31.2 Å². The molecule has 25 heavy (non-hydrogen) atoms. The molecule has 2 heterocycles. The number of aromatic amines is 1. The molecule has 10 heteroatoms. The summed E-state index contributed by atoms with van der Waals surface area (Å²) in [5, 5.41) is 11.5. The van der Waals surface area contributed by atoms with Crippen LogP contribution in [0.15, 0.2) is 36.7 Å². The van der Waals surface area contributed by atoms with Crippen molar-refractivity contribution in [2.24, 2.45) is 0 Å². The molecule has 0 unspecified atom stereocenters. The number of alkyl halides is 3. The summed E-state index contributed by atoms with van der Waals surface area (Å²) in [6.45, 7) is 2.42. The van der Waals surface area contributed by atoms with E-state index in [2.05, 4.69) is 20.5 Å². The standard InChI is InChI=1S/C15H13F3N6O/c1-9-3-2-4-10(5-9)7-24-8-19-14(23-24)20-13(25)11-6-12(22-21-11)15(16,17)18/h2-6,8H,7H2,1H3,(H,21,22)(H,20,23,25). The lowest BCUT2D eigenvalue weighted by Gasteiger charge is -2.02. The fourth-order valence-electron chi connectivity index (χ4n) is 2.17. The molecule has 1 amide bonds. The Kier molecular flexibility index (Phi) is 4.26. The number of aromatic nitrogens is 5. The van der Waals surface area contributed by atoms with Crippen molar-refractivity contribution in [1.29, 1.82) is 0 Å². The first-order chi connectivity index (χ1) is 11.8. The van der Waals surface area contributed by atoms with Gasteiger partial charge in [0.05, 0.1) is 6.54 Å². The molecule has 3 rings (SSSR count). The van der Waals surface area contributed by atoms with Crippen molar-refractivity contribution in [2.45, 2.75) is 19.6 Å². The molecule has 0 aliphatic heterocycles. The van der Waals surface area contributed by atoms with Gasteiger partial charge < -0.3 is 0 Å². The zero-order chi connectivity index (χ0) is 18.0. The van der Waals surface area contributed by atoms with E-state index in [1.165, 1.54) is 11.0 Å². The second-order valence-corrected chi connectivity index (χ2v) is 5.37. The van der Waals surface area contributed by atoms with Gasteiger partial charge in [0, 0.05) is 6.07 Å². The van der Waals surface area contributed by atoms with Crippen LogP contribution in [0.5, 0.6) is 0 Å². The summed E-state index contributed by atoms with van der Waals surface area (Å²) in [4.78, 5) is 15.8. The summed E-state index contributed by atoms with van der Waals surface area (Å²) in [6, 6.07) is 8.42. The molecular formula is C15H13F3N6O. The van der Waals surface area contributed by atoms with Gasteiger partial charge >= 0.3 is 6.18 Å². The largest absolute Gasteiger partial charge is 0.432 e. The fourth-order valence-corrected chi connectivity index (χ4v) is 2.17. The number of hydrogen-bond acceptors (Lipinski definition) is 4. The van der Waals surface area contributed by atoms with Gasteiger partial charge in [0.15, 0.2) is 5.69 Å². The van der Waals surface area contributed by atoms with Gasteiger partial charge in [-0.05, 0) is 12.5 Å². The van der Waals surface area contributed by atoms with Crippen LogP contribution in [0.1, 0.15) is 27.3 Å². The van der Waals surface area contributed by atoms with E-state index in [0.29, 0.717) is 12.6 Å². The maximum atomic E-state index is 12.5. The zero-order valence-electron chi connectivity index (χ0n) is 13.0. The lowest BCUT2D eigenvalue weighted by molar-refractivity contribution is -0.141. The normalized spacial score (nSPS) is 11.5. The van der Waals surface area contributed by atoms with Crippen LogP contribution >= 0.6 is 0 Å². The minimum absolute atomic E-state index is 0.0192. The highest BCUT2D eigenvalue weighted by Crippen LogP contribution is 2.27. The minimum Gasteiger partial charge on any atom is -0.288 e. The van der Waals surface area contributed by atoms with Gasteiger partial charge in [0.2, 0.25) is 5.95 Å². The van der Waals surface area contributed by atoms with Crippen LogP contribution in [-0.4, -0.2) is 30.9 Å². The second-order valence-electron chi connectivity index (χ2n) is 5.37. The summed E-state index contributed by atoms with van der Waals surface area (Å²) in [5.41, 5.74) is 0.605. The third-order valence-electron chi connectivity index (χ3n) is 3.30. The van der Waals surface area contributed by atoms with E-state index in [9.17, 15) is 18.0 Å². The first-order valence-electron chi connectivity index (χ1n) is 7.20. The van der Waals surface area contributed by atoms with E-state index in [0.717, 1.165) is 11.1 Å². The Bertz CT molecular complexity index is 899.